The molecule has 51 heavy (non-hydrogen) atoms. The normalized spacial score (nSPS) is 21.5. The highest BCUT2D eigenvalue weighted by Crippen LogP contribution is 2.35. The van der Waals surface area contributed by atoms with E-state index in [1.807, 2.05) is 29.9 Å². The minimum absolute atomic E-state index is 0.264. The molecule has 1 N–H and O–H groups in total. The van der Waals surface area contributed by atoms with Crippen LogP contribution in [0, 0.1) is 11.3 Å². The third-order valence-corrected chi connectivity index (χ3v) is 9.10. The molecule has 272 valence electrons. The Labute approximate surface area is 298 Å². The van der Waals surface area contributed by atoms with Gasteiger partial charge in [0, 0.05) is 44.2 Å². The number of tetrazole rings is 1. The third kappa shape index (κ3) is 9.76. The van der Waals surface area contributed by atoms with Crippen LogP contribution >= 0.6 is 0 Å². The van der Waals surface area contributed by atoms with Crippen molar-refractivity contribution in [2.24, 2.45) is 0 Å². The van der Waals surface area contributed by atoms with E-state index in [1.54, 1.807) is 30.3 Å². The van der Waals surface area contributed by atoms with E-state index in [2.05, 4.69) is 55.6 Å². The molecule has 4 heterocycles. The lowest BCUT2D eigenvalue weighted by atomic mass is 9.89. The van der Waals surface area contributed by atoms with Crippen LogP contribution in [-0.4, -0.2) is 116 Å². The van der Waals surface area contributed by atoms with Gasteiger partial charge in [-0.05, 0) is 74.6 Å². The first-order valence-corrected chi connectivity index (χ1v) is 17.6. The van der Waals surface area contributed by atoms with Gasteiger partial charge in [0.1, 0.15) is 36.5 Å². The van der Waals surface area contributed by atoms with Crippen molar-refractivity contribution < 1.29 is 23.7 Å². The Balaban J connectivity index is 1.12. The Morgan fingerprint density at radius 3 is 2.45 bits per heavy atom. The van der Waals surface area contributed by atoms with Crippen LogP contribution in [0.3, 0.4) is 0 Å². The number of methoxy groups -OCH3 is 1. The van der Waals surface area contributed by atoms with Gasteiger partial charge in [0.25, 0.3) is 5.88 Å². The largest absolute Gasteiger partial charge is 0.487 e. The molecule has 16 nitrogen and oxygen atoms in total. The van der Waals surface area contributed by atoms with Crippen molar-refractivity contribution in [3.05, 3.63) is 48.7 Å². The summed E-state index contributed by atoms with van der Waals surface area (Å²) in [6.45, 7) is 10.4. The molecule has 0 radical (unpaired) electrons. The first kappa shape index (κ1) is 36.1. The van der Waals surface area contributed by atoms with Gasteiger partial charge in [-0.25, -0.2) is 14.6 Å². The molecule has 1 aromatic carbocycles. The van der Waals surface area contributed by atoms with Crippen LogP contribution in [0.1, 0.15) is 58.1 Å². The maximum Gasteiger partial charge on any atom is 0.257 e. The molecule has 1 aliphatic heterocycles. The fraction of sp³-hybridized carbons (Fsp3) is 0.571. The Hall–Kier alpha value is -4.69. The Bertz CT molecular complexity index is 1690. The molecule has 16 heteroatoms. The van der Waals surface area contributed by atoms with Gasteiger partial charge >= 0.3 is 0 Å². The SMILES string of the molecule is COCCOCCOc1nn(C2CCC(N3C[C@@H](C)O[C@@H](C)C3)CC2)cc1Nc1ncc(-c2ccc(C#N)c(OC(C)Cn3cnnn3)c2)cn1. The lowest BCUT2D eigenvalue weighted by molar-refractivity contribution is -0.0852. The van der Waals surface area contributed by atoms with Crippen molar-refractivity contribution in [1.29, 1.82) is 5.26 Å². The number of anilines is 2. The minimum atomic E-state index is -0.277. The van der Waals surface area contributed by atoms with Crippen LogP contribution < -0.4 is 14.8 Å². The number of nitriles is 1. The molecule has 3 aromatic heterocycles. The maximum atomic E-state index is 9.68. The molecule has 2 aliphatic rings. The summed E-state index contributed by atoms with van der Waals surface area (Å²) in [4.78, 5) is 11.8. The predicted molar refractivity (Wildman–Crippen MR) is 187 cm³/mol. The number of nitrogens with one attached hydrogen (secondary N) is 1. The highest BCUT2D eigenvalue weighted by atomic mass is 16.5. The zero-order valence-electron chi connectivity index (χ0n) is 29.7. The number of ether oxygens (including phenoxy) is 5. The van der Waals surface area contributed by atoms with Crippen molar-refractivity contribution in [1.82, 2.24) is 44.9 Å². The topological polar surface area (TPSA) is 172 Å². The predicted octanol–water partition coefficient (Wildman–Crippen LogP) is 4.04. The fourth-order valence-corrected chi connectivity index (χ4v) is 6.74. The number of rotatable bonds is 16. The lowest BCUT2D eigenvalue weighted by Crippen LogP contribution is -2.51. The van der Waals surface area contributed by atoms with E-state index in [1.165, 1.54) is 6.33 Å². The highest BCUT2D eigenvalue weighted by molar-refractivity contribution is 5.67. The standard InChI is InChI=1S/C35H47N11O5/c1-24-19-44(20-25(2)50-24)30-7-9-31(10-8-30)46-22-32(34(41-46)49-14-13-48-12-11-47-4)40-35-37-17-29(18-38-35)27-5-6-28(16-36)33(15-27)51-26(3)21-45-23-39-42-43-45/h5-6,15,17-18,22-26,30-31H,7-14,19-21H2,1-4H3,(H,37,38,40)/t24-,25+,26?,30?,31?. The van der Waals surface area contributed by atoms with Crippen LogP contribution in [0.15, 0.2) is 43.1 Å². The van der Waals surface area contributed by atoms with Crippen molar-refractivity contribution in [3.8, 4) is 28.8 Å². The number of morpholine rings is 1. The second kappa shape index (κ2) is 17.5. The average molecular weight is 702 g/mol. The monoisotopic (exact) mass is 701 g/mol. The lowest BCUT2D eigenvalue weighted by Gasteiger charge is -2.42. The third-order valence-electron chi connectivity index (χ3n) is 9.10. The van der Waals surface area contributed by atoms with Crippen LogP contribution in [0.2, 0.25) is 0 Å². The highest BCUT2D eigenvalue weighted by Gasteiger charge is 2.32. The smallest absolute Gasteiger partial charge is 0.257 e. The van der Waals surface area contributed by atoms with E-state index >= 15 is 0 Å². The van der Waals surface area contributed by atoms with Gasteiger partial charge in [-0.15, -0.1) is 10.2 Å². The zero-order valence-corrected chi connectivity index (χ0v) is 29.7. The Kier molecular flexibility index (Phi) is 12.4. The van der Waals surface area contributed by atoms with Gasteiger partial charge in [-0.3, -0.25) is 9.58 Å². The number of hydrogen-bond donors (Lipinski definition) is 1. The molecular formula is C35H47N11O5. The Morgan fingerprint density at radius 1 is 1.00 bits per heavy atom. The van der Waals surface area contributed by atoms with Crippen molar-refractivity contribution in [2.45, 2.75) is 83.4 Å². The minimum Gasteiger partial charge on any atom is -0.487 e. The van der Waals surface area contributed by atoms with E-state index in [0.29, 0.717) is 67.8 Å². The molecule has 4 aromatic rings. The van der Waals surface area contributed by atoms with Gasteiger partial charge in [-0.1, -0.05) is 6.07 Å². The first-order valence-electron chi connectivity index (χ1n) is 17.6. The molecule has 1 unspecified atom stereocenters. The molecule has 1 saturated heterocycles. The molecule has 6 rings (SSSR count). The summed E-state index contributed by atoms with van der Waals surface area (Å²) in [5.41, 5.74) is 2.69. The van der Waals surface area contributed by atoms with Crippen molar-refractivity contribution in [2.75, 3.05) is 51.9 Å². The van der Waals surface area contributed by atoms with E-state index < -0.39 is 0 Å². The molecule has 1 aliphatic carbocycles. The van der Waals surface area contributed by atoms with Crippen LogP contribution in [0.25, 0.3) is 11.1 Å². The second-order valence-corrected chi connectivity index (χ2v) is 13.2. The van der Waals surface area contributed by atoms with Crippen molar-refractivity contribution in [3.63, 3.8) is 0 Å². The summed E-state index contributed by atoms with van der Waals surface area (Å²) in [6, 6.07) is 8.43. The van der Waals surface area contributed by atoms with Gasteiger partial charge in [0.2, 0.25) is 5.95 Å². The Morgan fingerprint density at radius 2 is 1.75 bits per heavy atom. The van der Waals surface area contributed by atoms with E-state index in [0.717, 1.165) is 49.9 Å². The summed E-state index contributed by atoms with van der Waals surface area (Å²) in [5.74, 6) is 1.33. The second-order valence-electron chi connectivity index (χ2n) is 13.2. The van der Waals surface area contributed by atoms with Crippen LogP contribution in [-0.2, 0) is 20.8 Å². The van der Waals surface area contributed by atoms with E-state index in [4.69, 9.17) is 28.8 Å². The number of benzene rings is 1. The zero-order chi connectivity index (χ0) is 35.6. The maximum absolute atomic E-state index is 9.68. The molecule has 2 fully saturated rings. The number of aromatic nitrogens is 8. The molecular weight excluding hydrogens is 654 g/mol. The molecule has 1 saturated carbocycles. The quantitative estimate of drug-likeness (QED) is 0.166. The summed E-state index contributed by atoms with van der Waals surface area (Å²) < 4.78 is 32.5. The van der Waals surface area contributed by atoms with Gasteiger partial charge in [-0.2, -0.15) is 5.26 Å². The van der Waals surface area contributed by atoms with Crippen LogP contribution in [0.4, 0.5) is 11.6 Å². The summed E-state index contributed by atoms with van der Waals surface area (Å²) in [6.07, 6.45) is 11.5. The van der Waals surface area contributed by atoms with Crippen molar-refractivity contribution >= 4 is 11.6 Å². The van der Waals surface area contributed by atoms with E-state index in [9.17, 15) is 5.26 Å². The number of nitrogens with zero attached hydrogens (tertiary/aromatic N) is 10. The molecule has 0 amide bonds. The van der Waals surface area contributed by atoms with Gasteiger partial charge < -0.3 is 29.0 Å². The fourth-order valence-electron chi connectivity index (χ4n) is 6.74. The van der Waals surface area contributed by atoms with Gasteiger partial charge in [0.05, 0.1) is 56.4 Å². The van der Waals surface area contributed by atoms with E-state index in [-0.39, 0.29) is 24.4 Å². The van der Waals surface area contributed by atoms with Crippen LogP contribution in [0.5, 0.6) is 11.6 Å². The molecule has 0 spiro atoms. The summed E-state index contributed by atoms with van der Waals surface area (Å²) in [7, 11) is 1.65. The first-order chi connectivity index (χ1) is 24.9. The summed E-state index contributed by atoms with van der Waals surface area (Å²) >= 11 is 0. The summed E-state index contributed by atoms with van der Waals surface area (Å²) in [5, 5.41) is 29.1. The molecule has 3 atom stereocenters. The average Bonchev–Trinajstić information content (AvgIpc) is 3.79. The molecule has 0 bridgehead atoms. The number of hydrogen-bond acceptors (Lipinski definition) is 14. The van der Waals surface area contributed by atoms with Gasteiger partial charge in [0.15, 0.2) is 0 Å².